The first-order valence-corrected chi connectivity index (χ1v) is 11.3. The van der Waals surface area contributed by atoms with Crippen LogP contribution in [0, 0.1) is 17.3 Å². The van der Waals surface area contributed by atoms with Crippen LogP contribution >= 0.6 is 24.0 Å². The van der Waals surface area contributed by atoms with Crippen LogP contribution in [0.3, 0.4) is 0 Å². The van der Waals surface area contributed by atoms with Gasteiger partial charge in [0.15, 0.2) is 5.96 Å². The van der Waals surface area contributed by atoms with Gasteiger partial charge in [0.2, 0.25) is 0 Å². The van der Waals surface area contributed by atoms with Crippen LogP contribution in [0.15, 0.2) is 4.99 Å². The molecule has 1 N–H and O–H groups in total. The molecule has 4 atom stereocenters. The minimum Gasteiger partial charge on any atom is -0.377 e. The summed E-state index contributed by atoms with van der Waals surface area (Å²) in [6.07, 6.45) is 2.07. The number of guanidine groups is 1. The highest BCUT2D eigenvalue weighted by atomic mass is 127. The van der Waals surface area contributed by atoms with E-state index in [4.69, 9.17) is 9.73 Å². The molecule has 9 heteroatoms. The van der Waals surface area contributed by atoms with Crippen LogP contribution in [0.5, 0.6) is 0 Å². The molecule has 1 spiro atoms. The van der Waals surface area contributed by atoms with Crippen molar-refractivity contribution >= 4 is 29.9 Å². The quantitative estimate of drug-likeness (QED) is 0.315. The van der Waals surface area contributed by atoms with Crippen LogP contribution in [-0.4, -0.2) is 80.0 Å². The average molecular weight is 544 g/mol. The van der Waals surface area contributed by atoms with Gasteiger partial charge in [0.05, 0.1) is 12.6 Å². The van der Waals surface area contributed by atoms with E-state index in [9.17, 15) is 13.2 Å². The molecule has 5 nitrogen and oxygen atoms in total. The molecule has 0 amide bonds. The molecule has 0 aromatic rings. The van der Waals surface area contributed by atoms with Crippen molar-refractivity contribution in [2.75, 3.05) is 45.9 Å². The molecule has 0 aromatic heterocycles. The Morgan fingerprint density at radius 2 is 2.03 bits per heavy atom. The van der Waals surface area contributed by atoms with Crippen LogP contribution in [0.25, 0.3) is 0 Å². The van der Waals surface area contributed by atoms with Gasteiger partial charge in [0.1, 0.15) is 0 Å². The predicted molar refractivity (Wildman–Crippen MR) is 122 cm³/mol. The summed E-state index contributed by atoms with van der Waals surface area (Å²) in [6, 6.07) is 0.436. The zero-order chi connectivity index (χ0) is 20.6. The molecule has 0 aromatic carbocycles. The Morgan fingerprint density at radius 1 is 1.27 bits per heavy atom. The minimum atomic E-state index is -4.13. The number of hydrogen-bond acceptors (Lipinski definition) is 3. The Hall–Kier alpha value is -0.290. The van der Waals surface area contributed by atoms with Gasteiger partial charge >= 0.3 is 6.18 Å². The summed E-state index contributed by atoms with van der Waals surface area (Å²) in [4.78, 5) is 8.55. The van der Waals surface area contributed by atoms with Crippen LogP contribution in [0.2, 0.25) is 0 Å². The fraction of sp³-hybridized carbons (Fsp3) is 0.952. The molecular weight excluding hydrogens is 508 g/mol. The third kappa shape index (κ3) is 4.72. The second kappa shape index (κ2) is 9.68. The fourth-order valence-electron chi connectivity index (χ4n) is 6.08. The van der Waals surface area contributed by atoms with Gasteiger partial charge in [-0.15, -0.1) is 24.0 Å². The van der Waals surface area contributed by atoms with E-state index in [1.165, 1.54) is 24.2 Å². The highest BCUT2D eigenvalue weighted by Gasteiger charge is 2.67. The molecule has 4 aliphatic rings. The van der Waals surface area contributed by atoms with Gasteiger partial charge in [0, 0.05) is 50.2 Å². The number of fused-ring (bicyclic) bond motifs is 2. The number of nitrogens with one attached hydrogen (secondary N) is 1. The second-order valence-electron chi connectivity index (χ2n) is 9.29. The van der Waals surface area contributed by atoms with Crippen molar-refractivity contribution in [2.45, 2.75) is 64.3 Å². The molecular formula is C21H36F3IN4O. The maximum absolute atomic E-state index is 12.8. The lowest BCUT2D eigenvalue weighted by Crippen LogP contribution is -2.72. The Kier molecular flexibility index (Phi) is 7.86. The molecule has 0 bridgehead atoms. The van der Waals surface area contributed by atoms with Gasteiger partial charge in [-0.3, -0.25) is 9.89 Å². The number of aliphatic imine (C=N–C) groups is 1. The number of likely N-dealkylation sites (tertiary alicyclic amines) is 1. The molecule has 30 heavy (non-hydrogen) atoms. The summed E-state index contributed by atoms with van der Waals surface area (Å²) in [5.74, 6) is 1.79. The Balaban J connectivity index is 0.00000256. The first-order valence-electron chi connectivity index (χ1n) is 11.3. The van der Waals surface area contributed by atoms with Gasteiger partial charge in [-0.2, -0.15) is 13.2 Å². The van der Waals surface area contributed by atoms with Gasteiger partial charge in [-0.1, -0.05) is 13.3 Å². The maximum atomic E-state index is 12.8. The van der Waals surface area contributed by atoms with Crippen LogP contribution in [-0.2, 0) is 4.74 Å². The smallest absolute Gasteiger partial charge is 0.377 e. The second-order valence-corrected chi connectivity index (χ2v) is 9.29. The van der Waals surface area contributed by atoms with E-state index >= 15 is 0 Å². The molecule has 0 radical (unpaired) electrons. The lowest BCUT2D eigenvalue weighted by molar-refractivity contribution is -0.171. The van der Waals surface area contributed by atoms with Crippen molar-refractivity contribution in [1.82, 2.24) is 15.1 Å². The summed E-state index contributed by atoms with van der Waals surface area (Å²) in [5, 5.41) is 3.79. The molecule has 2 saturated heterocycles. The largest absolute Gasteiger partial charge is 0.401 e. The minimum absolute atomic E-state index is 0. The number of halogens is 4. The summed E-state index contributed by atoms with van der Waals surface area (Å²) < 4.78 is 44.4. The van der Waals surface area contributed by atoms with Crippen molar-refractivity contribution in [2.24, 2.45) is 22.2 Å². The molecule has 4 rings (SSSR count). The van der Waals surface area contributed by atoms with E-state index in [0.29, 0.717) is 43.1 Å². The molecule has 2 aliphatic carbocycles. The zero-order valence-electron chi connectivity index (χ0n) is 18.1. The maximum Gasteiger partial charge on any atom is 0.401 e. The van der Waals surface area contributed by atoms with E-state index in [0.717, 1.165) is 38.5 Å². The fourth-order valence-corrected chi connectivity index (χ4v) is 6.08. The molecule has 2 saturated carbocycles. The average Bonchev–Trinajstić information content (AvgIpc) is 3.23. The number of hydrogen-bond donors (Lipinski definition) is 1. The van der Waals surface area contributed by atoms with Crippen molar-refractivity contribution < 1.29 is 17.9 Å². The number of rotatable bonds is 6. The lowest BCUT2D eigenvalue weighted by Gasteiger charge is -2.63. The van der Waals surface area contributed by atoms with E-state index in [2.05, 4.69) is 10.2 Å². The van der Waals surface area contributed by atoms with Gasteiger partial charge in [-0.05, 0) is 45.1 Å². The predicted octanol–water partition coefficient (Wildman–Crippen LogP) is 3.73. The summed E-state index contributed by atoms with van der Waals surface area (Å²) in [7, 11) is 0. The highest BCUT2D eigenvalue weighted by molar-refractivity contribution is 14.0. The monoisotopic (exact) mass is 544 g/mol. The van der Waals surface area contributed by atoms with Crippen LogP contribution in [0.1, 0.15) is 46.0 Å². The topological polar surface area (TPSA) is 40.1 Å². The summed E-state index contributed by atoms with van der Waals surface area (Å²) in [6.45, 7) is 7.18. The van der Waals surface area contributed by atoms with E-state index in [1.807, 2.05) is 6.92 Å². The number of alkyl halides is 3. The normalized spacial score (nSPS) is 32.6. The van der Waals surface area contributed by atoms with E-state index in [-0.39, 0.29) is 29.9 Å². The van der Waals surface area contributed by atoms with Crippen molar-refractivity contribution in [3.63, 3.8) is 0 Å². The van der Waals surface area contributed by atoms with Gasteiger partial charge in [-0.25, -0.2) is 0 Å². The Morgan fingerprint density at radius 3 is 2.63 bits per heavy atom. The van der Waals surface area contributed by atoms with Crippen LogP contribution < -0.4 is 5.32 Å². The van der Waals surface area contributed by atoms with Crippen LogP contribution in [0.4, 0.5) is 13.2 Å². The molecule has 4 unspecified atom stereocenters. The third-order valence-electron chi connectivity index (χ3n) is 7.58. The molecule has 2 aliphatic heterocycles. The number of nitrogens with zero attached hydrogens (tertiary/aromatic N) is 3. The Bertz CT molecular complexity index is 614. The Labute approximate surface area is 195 Å². The van der Waals surface area contributed by atoms with Crippen molar-refractivity contribution in [1.29, 1.82) is 0 Å². The van der Waals surface area contributed by atoms with E-state index in [1.54, 1.807) is 6.92 Å². The standard InChI is InChI=1S/C21H35F3N4O.HI/c1-3-25-19(26-17-16-7-11-29-18(16)20(17)8-5-9-20)28-10-6-15(13-28)12-27(4-2)14-21(22,23)24;/h15-18H,3-14H2,1-2H3,(H,25,26);1H. The molecule has 174 valence electrons. The first-order chi connectivity index (χ1) is 13.9. The SMILES string of the molecule is CCN=C(NC1C2CCOC2C12CCC2)N1CCC(CN(CC)CC(F)(F)F)C1.I. The van der Waals surface area contributed by atoms with Gasteiger partial charge < -0.3 is 15.0 Å². The zero-order valence-corrected chi connectivity index (χ0v) is 20.4. The first kappa shape index (κ1) is 24.4. The summed E-state index contributed by atoms with van der Waals surface area (Å²) >= 11 is 0. The number of ether oxygens (including phenoxy) is 1. The third-order valence-corrected chi connectivity index (χ3v) is 7.58. The lowest BCUT2D eigenvalue weighted by atomic mass is 9.46. The van der Waals surface area contributed by atoms with Crippen molar-refractivity contribution in [3.05, 3.63) is 0 Å². The molecule has 2 heterocycles. The van der Waals surface area contributed by atoms with Gasteiger partial charge in [0.25, 0.3) is 0 Å². The van der Waals surface area contributed by atoms with Crippen molar-refractivity contribution in [3.8, 4) is 0 Å². The summed E-state index contributed by atoms with van der Waals surface area (Å²) in [5.41, 5.74) is 0.292. The highest BCUT2D eigenvalue weighted by Crippen LogP contribution is 2.62. The van der Waals surface area contributed by atoms with E-state index < -0.39 is 12.7 Å². The molecule has 4 fully saturated rings.